The monoisotopic (exact) mass is 384 g/mol. The molecule has 0 bridgehead atoms. The molecule has 0 saturated carbocycles. The van der Waals surface area contributed by atoms with Crippen LogP contribution in [0.2, 0.25) is 0 Å². The second kappa shape index (κ2) is 9.25. The number of ether oxygens (including phenoxy) is 1. The Kier molecular flexibility index (Phi) is 6.52. The van der Waals surface area contributed by atoms with E-state index in [1.165, 1.54) is 17.9 Å². The van der Waals surface area contributed by atoms with Crippen molar-refractivity contribution in [3.63, 3.8) is 0 Å². The number of hydrogen-bond acceptors (Lipinski definition) is 6. The van der Waals surface area contributed by atoms with E-state index in [2.05, 4.69) is 10.1 Å². The summed E-state index contributed by atoms with van der Waals surface area (Å²) in [5.74, 6) is -0.277. The summed E-state index contributed by atoms with van der Waals surface area (Å²) in [7, 11) is 1.39. The average Bonchev–Trinajstić information content (AvgIpc) is 2.75. The van der Waals surface area contributed by atoms with Crippen LogP contribution in [0.15, 0.2) is 41.5 Å². The molecule has 0 unspecified atom stereocenters. The fourth-order valence-corrected chi connectivity index (χ4v) is 3.36. The van der Waals surface area contributed by atoms with Gasteiger partial charge < -0.3 is 9.64 Å². The van der Waals surface area contributed by atoms with Gasteiger partial charge in [0.25, 0.3) is 5.56 Å². The third kappa shape index (κ3) is 4.82. The highest BCUT2D eigenvalue weighted by atomic mass is 16.5. The lowest BCUT2D eigenvalue weighted by molar-refractivity contribution is -0.148. The molecule has 1 saturated heterocycles. The maximum Gasteiger partial charge on any atom is 0.308 e. The van der Waals surface area contributed by atoms with E-state index < -0.39 is 0 Å². The largest absolute Gasteiger partial charge is 0.469 e. The molecule has 1 aliphatic heterocycles. The molecule has 0 aliphatic carbocycles. The summed E-state index contributed by atoms with van der Waals surface area (Å²) in [6, 6.07) is 6.84. The van der Waals surface area contributed by atoms with Crippen LogP contribution in [0.25, 0.3) is 11.3 Å². The van der Waals surface area contributed by atoms with Crippen molar-refractivity contribution >= 4 is 11.9 Å². The number of likely N-dealkylation sites (tertiary alicyclic amines) is 1. The number of hydrogen-bond donors (Lipinski definition) is 0. The fraction of sp³-hybridized carbons (Fsp3) is 0.450. The van der Waals surface area contributed by atoms with Crippen molar-refractivity contribution < 1.29 is 14.3 Å². The topological polar surface area (TPSA) is 94.4 Å². The number of carbonyl (C=O) groups is 2. The van der Waals surface area contributed by atoms with Gasteiger partial charge in [-0.25, -0.2) is 4.68 Å². The number of methoxy groups -OCH3 is 1. The Morgan fingerprint density at radius 3 is 2.54 bits per heavy atom. The average molecular weight is 384 g/mol. The molecular formula is C20H24N4O4. The number of rotatable bonds is 6. The zero-order valence-corrected chi connectivity index (χ0v) is 15.9. The predicted octanol–water partition coefficient (Wildman–Crippen LogP) is 1.50. The number of piperidine rings is 1. The molecule has 8 heteroatoms. The van der Waals surface area contributed by atoms with Gasteiger partial charge in [0, 0.05) is 50.1 Å². The molecular weight excluding hydrogens is 360 g/mol. The zero-order valence-electron chi connectivity index (χ0n) is 15.9. The molecule has 0 aromatic carbocycles. The van der Waals surface area contributed by atoms with Crippen LogP contribution in [0.5, 0.6) is 0 Å². The van der Waals surface area contributed by atoms with E-state index in [1.54, 1.807) is 23.4 Å². The van der Waals surface area contributed by atoms with E-state index in [9.17, 15) is 14.4 Å². The summed E-state index contributed by atoms with van der Waals surface area (Å²) in [4.78, 5) is 41.8. The normalized spacial score (nSPS) is 14.7. The third-order valence-corrected chi connectivity index (χ3v) is 4.99. The number of aromatic nitrogens is 3. The Balaban J connectivity index is 1.52. The number of nitrogens with zero attached hydrogens (tertiary/aromatic N) is 4. The van der Waals surface area contributed by atoms with Gasteiger partial charge in [-0.15, -0.1) is 0 Å². The zero-order chi connectivity index (χ0) is 19.9. The Bertz CT molecular complexity index is 873. The van der Waals surface area contributed by atoms with Crippen LogP contribution in [0, 0.1) is 5.92 Å². The maximum absolute atomic E-state index is 12.4. The second-order valence-corrected chi connectivity index (χ2v) is 6.80. The van der Waals surface area contributed by atoms with Crippen molar-refractivity contribution in [2.24, 2.45) is 5.92 Å². The molecule has 0 radical (unpaired) electrons. The summed E-state index contributed by atoms with van der Waals surface area (Å²) < 4.78 is 6.16. The maximum atomic E-state index is 12.4. The molecule has 2 aromatic heterocycles. The van der Waals surface area contributed by atoms with Crippen LogP contribution in [0.3, 0.4) is 0 Å². The van der Waals surface area contributed by atoms with E-state index in [4.69, 9.17) is 4.74 Å². The Morgan fingerprint density at radius 2 is 1.86 bits per heavy atom. The van der Waals surface area contributed by atoms with E-state index in [0.29, 0.717) is 51.0 Å². The van der Waals surface area contributed by atoms with Crippen LogP contribution in [-0.4, -0.2) is 51.7 Å². The van der Waals surface area contributed by atoms with Crippen LogP contribution >= 0.6 is 0 Å². The minimum atomic E-state index is -0.202. The van der Waals surface area contributed by atoms with Gasteiger partial charge in [0.15, 0.2) is 0 Å². The van der Waals surface area contributed by atoms with Crippen LogP contribution in [-0.2, 0) is 20.9 Å². The first-order valence-corrected chi connectivity index (χ1v) is 9.42. The van der Waals surface area contributed by atoms with Crippen molar-refractivity contribution in [1.29, 1.82) is 0 Å². The smallest absolute Gasteiger partial charge is 0.308 e. The highest BCUT2D eigenvalue weighted by Crippen LogP contribution is 2.19. The Labute approximate surface area is 163 Å². The first-order valence-electron chi connectivity index (χ1n) is 9.42. The van der Waals surface area contributed by atoms with Crippen molar-refractivity contribution in [2.75, 3.05) is 20.2 Å². The minimum absolute atomic E-state index is 0.0432. The van der Waals surface area contributed by atoms with Crippen molar-refractivity contribution in [2.45, 2.75) is 32.2 Å². The second-order valence-electron chi connectivity index (χ2n) is 6.80. The van der Waals surface area contributed by atoms with Crippen molar-refractivity contribution in [1.82, 2.24) is 19.7 Å². The summed E-state index contributed by atoms with van der Waals surface area (Å²) >= 11 is 0. The number of esters is 1. The first kappa shape index (κ1) is 19.7. The van der Waals surface area contributed by atoms with Crippen LogP contribution < -0.4 is 5.56 Å². The standard InChI is InChI=1S/C20H24N4O4/c1-28-20(27)16-8-13-23(14-9-16)18(25)3-2-12-24-19(26)5-4-17(22-24)15-6-10-21-11-7-15/h4-7,10-11,16H,2-3,8-9,12-14H2,1H3. The van der Waals surface area contributed by atoms with Crippen molar-refractivity contribution in [3.05, 3.63) is 47.0 Å². The van der Waals surface area contributed by atoms with Crippen molar-refractivity contribution in [3.8, 4) is 11.3 Å². The SMILES string of the molecule is COC(=O)C1CCN(C(=O)CCCn2nc(-c3ccncc3)ccc2=O)CC1. The summed E-state index contributed by atoms with van der Waals surface area (Å²) in [6.45, 7) is 1.50. The third-order valence-electron chi connectivity index (χ3n) is 4.99. The molecule has 0 spiro atoms. The van der Waals surface area contributed by atoms with Gasteiger partial charge in [-0.3, -0.25) is 19.4 Å². The fourth-order valence-electron chi connectivity index (χ4n) is 3.36. The molecule has 3 rings (SSSR count). The first-order chi connectivity index (χ1) is 13.6. The van der Waals surface area contributed by atoms with E-state index in [1.807, 2.05) is 12.1 Å². The molecule has 2 aromatic rings. The Hall–Kier alpha value is -3.03. The van der Waals surface area contributed by atoms with Crippen LogP contribution in [0.1, 0.15) is 25.7 Å². The van der Waals surface area contributed by atoms with Gasteiger partial charge >= 0.3 is 5.97 Å². The molecule has 1 fully saturated rings. The van der Waals surface area contributed by atoms with Gasteiger partial charge in [-0.1, -0.05) is 0 Å². The Morgan fingerprint density at radius 1 is 1.14 bits per heavy atom. The lowest BCUT2D eigenvalue weighted by atomic mass is 9.97. The van der Waals surface area contributed by atoms with Crippen LogP contribution in [0.4, 0.5) is 0 Å². The van der Waals surface area contributed by atoms with Gasteiger partial charge in [-0.2, -0.15) is 5.10 Å². The molecule has 0 atom stereocenters. The van der Waals surface area contributed by atoms with Gasteiger partial charge in [0.1, 0.15) is 0 Å². The number of aryl methyl sites for hydroxylation is 1. The molecule has 28 heavy (non-hydrogen) atoms. The molecule has 148 valence electrons. The van der Waals surface area contributed by atoms with Gasteiger partial charge in [0.05, 0.1) is 18.7 Å². The quantitative estimate of drug-likeness (QED) is 0.701. The molecule has 8 nitrogen and oxygen atoms in total. The summed E-state index contributed by atoms with van der Waals surface area (Å²) in [5, 5.41) is 4.39. The van der Waals surface area contributed by atoms with Gasteiger partial charge in [0.2, 0.25) is 5.91 Å². The molecule has 0 N–H and O–H groups in total. The lowest BCUT2D eigenvalue weighted by Gasteiger charge is -2.30. The lowest BCUT2D eigenvalue weighted by Crippen LogP contribution is -2.40. The van der Waals surface area contributed by atoms with E-state index >= 15 is 0 Å². The van der Waals surface area contributed by atoms with E-state index in [0.717, 1.165) is 5.56 Å². The molecule has 1 aliphatic rings. The summed E-state index contributed by atoms with van der Waals surface area (Å²) in [6.07, 6.45) is 5.49. The highest BCUT2D eigenvalue weighted by Gasteiger charge is 2.27. The summed E-state index contributed by atoms with van der Waals surface area (Å²) in [5.41, 5.74) is 1.38. The van der Waals surface area contributed by atoms with Gasteiger partial charge in [-0.05, 0) is 37.5 Å². The minimum Gasteiger partial charge on any atom is -0.469 e. The molecule has 1 amide bonds. The number of pyridine rings is 1. The number of amides is 1. The predicted molar refractivity (Wildman–Crippen MR) is 102 cm³/mol. The molecule has 3 heterocycles. The highest BCUT2D eigenvalue weighted by molar-refractivity contribution is 5.77. The van der Waals surface area contributed by atoms with E-state index in [-0.39, 0.29) is 23.4 Å². The number of carbonyl (C=O) groups excluding carboxylic acids is 2.